The third-order valence-electron chi connectivity index (χ3n) is 7.90. The van der Waals surface area contributed by atoms with Gasteiger partial charge >= 0.3 is 0 Å². The predicted molar refractivity (Wildman–Crippen MR) is 166 cm³/mol. The number of amides is 2. The van der Waals surface area contributed by atoms with Crippen LogP contribution >= 0.6 is 11.8 Å². The Bertz CT molecular complexity index is 1360. The van der Waals surface area contributed by atoms with Gasteiger partial charge in [-0.2, -0.15) is 0 Å². The van der Waals surface area contributed by atoms with E-state index in [2.05, 4.69) is 48.5 Å². The maximum absolute atomic E-state index is 13.6. The molecular weight excluding hydrogens is 514 g/mol. The van der Waals surface area contributed by atoms with Gasteiger partial charge in [0.15, 0.2) is 0 Å². The minimum atomic E-state index is -0.0547. The van der Waals surface area contributed by atoms with Crippen molar-refractivity contribution in [2.45, 2.75) is 62.9 Å². The lowest BCUT2D eigenvalue weighted by atomic mass is 9.94. The molecule has 6 heteroatoms. The fourth-order valence-electron chi connectivity index (χ4n) is 5.63. The third-order valence-corrected chi connectivity index (χ3v) is 8.97. The van der Waals surface area contributed by atoms with Gasteiger partial charge in [0.05, 0.1) is 17.1 Å². The fraction of sp³-hybridized carbons (Fsp3) is 0.353. The van der Waals surface area contributed by atoms with Gasteiger partial charge in [-0.3, -0.25) is 9.59 Å². The Morgan fingerprint density at radius 2 is 1.80 bits per heavy atom. The Morgan fingerprint density at radius 1 is 1.02 bits per heavy atom. The van der Waals surface area contributed by atoms with Crippen molar-refractivity contribution in [2.75, 3.05) is 25.0 Å². The van der Waals surface area contributed by atoms with Crippen molar-refractivity contribution in [3.8, 4) is 0 Å². The monoisotopic (exact) mass is 553 g/mol. The van der Waals surface area contributed by atoms with Crippen molar-refractivity contribution in [1.82, 2.24) is 10.2 Å². The second-order valence-corrected chi connectivity index (χ2v) is 12.0. The number of anilines is 1. The number of carbonyl (C=O) groups excluding carboxylic acids is 2. The lowest BCUT2D eigenvalue weighted by Crippen LogP contribution is -2.35. The quantitative estimate of drug-likeness (QED) is 0.228. The van der Waals surface area contributed by atoms with E-state index < -0.39 is 0 Å². The summed E-state index contributed by atoms with van der Waals surface area (Å²) in [5.41, 5.74) is 4.75. The van der Waals surface area contributed by atoms with E-state index in [1.54, 1.807) is 0 Å². The number of benzene rings is 3. The highest BCUT2D eigenvalue weighted by Gasteiger charge is 2.29. The molecule has 0 radical (unpaired) electrons. The summed E-state index contributed by atoms with van der Waals surface area (Å²) in [6.45, 7) is 4.26. The molecule has 0 saturated heterocycles. The Morgan fingerprint density at radius 3 is 2.58 bits per heavy atom. The summed E-state index contributed by atoms with van der Waals surface area (Å²) in [5.74, 6) is -0.0638. The average Bonchev–Trinajstić information content (AvgIpc) is 2.98. The van der Waals surface area contributed by atoms with Crippen LogP contribution in [0.4, 0.5) is 5.69 Å². The van der Waals surface area contributed by atoms with Crippen molar-refractivity contribution in [2.24, 2.45) is 0 Å². The summed E-state index contributed by atoms with van der Waals surface area (Å²) in [7, 11) is 2.21. The molecule has 1 heterocycles. The lowest BCUT2D eigenvalue weighted by Gasteiger charge is -2.31. The second kappa shape index (κ2) is 13.3. The molecule has 3 aromatic carbocycles. The molecular formula is C34H39N3O2S. The molecule has 0 unspecified atom stereocenters. The van der Waals surface area contributed by atoms with Crippen LogP contribution in [0.15, 0.2) is 82.6 Å². The summed E-state index contributed by atoms with van der Waals surface area (Å²) in [4.78, 5) is 32.4. The first-order chi connectivity index (χ1) is 19.5. The zero-order valence-electron chi connectivity index (χ0n) is 23.6. The number of fused-ring (bicyclic) bond motifs is 1. The molecule has 1 saturated carbocycles. The molecule has 40 heavy (non-hydrogen) atoms. The van der Waals surface area contributed by atoms with E-state index in [1.165, 1.54) is 49.4 Å². The van der Waals surface area contributed by atoms with Crippen molar-refractivity contribution < 1.29 is 9.59 Å². The van der Waals surface area contributed by atoms with E-state index in [4.69, 9.17) is 0 Å². The van der Waals surface area contributed by atoms with Crippen LogP contribution in [0.2, 0.25) is 0 Å². The van der Waals surface area contributed by atoms with E-state index in [0.29, 0.717) is 29.6 Å². The van der Waals surface area contributed by atoms with Crippen LogP contribution in [0.1, 0.15) is 65.6 Å². The van der Waals surface area contributed by atoms with Crippen molar-refractivity contribution in [3.05, 3.63) is 100.0 Å². The van der Waals surface area contributed by atoms with Crippen molar-refractivity contribution >= 4 is 35.3 Å². The number of para-hydroxylation sites is 1. The van der Waals surface area contributed by atoms with Crippen LogP contribution in [0, 0.1) is 6.92 Å². The van der Waals surface area contributed by atoms with Gasteiger partial charge in [0.2, 0.25) is 0 Å². The number of nitrogens with zero attached hydrogens (tertiary/aromatic N) is 2. The topological polar surface area (TPSA) is 52.7 Å². The molecule has 2 aliphatic rings. The van der Waals surface area contributed by atoms with Gasteiger partial charge in [-0.15, -0.1) is 0 Å². The number of nitrogens with one attached hydrogen (secondary N) is 1. The number of hydrogen-bond donors (Lipinski definition) is 1. The van der Waals surface area contributed by atoms with Gasteiger partial charge in [0.1, 0.15) is 0 Å². The molecule has 1 aliphatic heterocycles. The van der Waals surface area contributed by atoms with Gasteiger partial charge in [-0.05, 0) is 81.2 Å². The molecule has 1 aliphatic carbocycles. The smallest absolute Gasteiger partial charge is 0.265 e. The first-order valence-electron chi connectivity index (χ1n) is 14.4. The van der Waals surface area contributed by atoms with E-state index in [0.717, 1.165) is 34.7 Å². The Labute approximate surface area is 242 Å². The van der Waals surface area contributed by atoms with Gasteiger partial charge in [-0.1, -0.05) is 85.1 Å². The normalized spacial score (nSPS) is 16.8. The van der Waals surface area contributed by atoms with Crippen LogP contribution in [-0.2, 0) is 11.3 Å². The molecule has 0 aromatic heterocycles. The highest BCUT2D eigenvalue weighted by molar-refractivity contribution is 8.04. The minimum absolute atomic E-state index is 0.00906. The van der Waals surface area contributed by atoms with Crippen LogP contribution in [0.3, 0.4) is 0 Å². The Balaban J connectivity index is 1.21. The zero-order chi connectivity index (χ0) is 27.9. The number of aryl methyl sites for hydroxylation is 1. The average molecular weight is 554 g/mol. The molecule has 1 fully saturated rings. The lowest BCUT2D eigenvalue weighted by molar-refractivity contribution is -0.114. The van der Waals surface area contributed by atoms with Crippen LogP contribution in [0.5, 0.6) is 0 Å². The Hall–Kier alpha value is -3.35. The first-order valence-corrected chi connectivity index (χ1v) is 15.2. The Kier molecular flexibility index (Phi) is 9.40. The summed E-state index contributed by atoms with van der Waals surface area (Å²) in [6, 6.07) is 24.5. The first kappa shape index (κ1) is 28.2. The maximum Gasteiger partial charge on any atom is 0.265 e. The molecule has 0 atom stereocenters. The standard InChI is InChI=1S/C34H39N3O2S/c1-25-10-8-11-27(22-25)24-37-30-14-6-7-15-31(30)40-32(34(37)39)23-26-16-18-28(19-17-26)33(38)35-20-9-21-36(2)29-12-4-3-5-13-29/h6-8,10-11,14-19,22-23,29H,3-5,9,12-13,20-21,24H2,1-2H3,(H,35,38)/b32-23+. The minimum Gasteiger partial charge on any atom is -0.352 e. The van der Waals surface area contributed by atoms with Gasteiger partial charge < -0.3 is 15.1 Å². The zero-order valence-corrected chi connectivity index (χ0v) is 24.4. The number of rotatable bonds is 9. The van der Waals surface area contributed by atoms with E-state index in [1.807, 2.05) is 59.5 Å². The van der Waals surface area contributed by atoms with E-state index in [-0.39, 0.29) is 11.8 Å². The fourth-order valence-corrected chi connectivity index (χ4v) is 6.69. The highest BCUT2D eigenvalue weighted by atomic mass is 32.2. The van der Waals surface area contributed by atoms with Crippen LogP contribution in [0.25, 0.3) is 6.08 Å². The van der Waals surface area contributed by atoms with E-state index in [9.17, 15) is 9.59 Å². The maximum atomic E-state index is 13.6. The van der Waals surface area contributed by atoms with Crippen LogP contribution in [-0.4, -0.2) is 42.9 Å². The van der Waals surface area contributed by atoms with Gasteiger partial charge in [0, 0.05) is 23.0 Å². The second-order valence-electron chi connectivity index (χ2n) is 11.0. The highest BCUT2D eigenvalue weighted by Crippen LogP contribution is 2.42. The van der Waals surface area contributed by atoms with Crippen molar-refractivity contribution in [1.29, 1.82) is 0 Å². The molecule has 208 valence electrons. The SMILES string of the molecule is Cc1cccc(CN2C(=O)/C(=C\c3ccc(C(=O)NCCCN(C)C4CCCCC4)cc3)Sc3ccccc32)c1. The molecule has 2 amide bonds. The molecule has 0 bridgehead atoms. The molecule has 5 rings (SSSR count). The predicted octanol–water partition coefficient (Wildman–Crippen LogP) is 7.06. The van der Waals surface area contributed by atoms with Crippen LogP contribution < -0.4 is 10.2 Å². The van der Waals surface area contributed by atoms with E-state index >= 15 is 0 Å². The summed E-state index contributed by atoms with van der Waals surface area (Å²) in [5, 5.41) is 3.06. The number of carbonyl (C=O) groups is 2. The largest absolute Gasteiger partial charge is 0.352 e. The molecule has 5 nitrogen and oxygen atoms in total. The molecule has 3 aromatic rings. The molecule has 0 spiro atoms. The van der Waals surface area contributed by atoms with Gasteiger partial charge in [-0.25, -0.2) is 0 Å². The number of thioether (sulfide) groups is 1. The molecule has 1 N–H and O–H groups in total. The van der Waals surface area contributed by atoms with Gasteiger partial charge in [0.25, 0.3) is 11.8 Å². The summed E-state index contributed by atoms with van der Waals surface area (Å²) >= 11 is 1.50. The third kappa shape index (κ3) is 7.04. The van der Waals surface area contributed by atoms with Crippen molar-refractivity contribution in [3.63, 3.8) is 0 Å². The summed E-state index contributed by atoms with van der Waals surface area (Å²) < 4.78 is 0. The number of hydrogen-bond acceptors (Lipinski definition) is 4. The summed E-state index contributed by atoms with van der Waals surface area (Å²) in [6.07, 6.45) is 9.51.